The summed E-state index contributed by atoms with van der Waals surface area (Å²) in [5.41, 5.74) is 3.06. The predicted octanol–water partition coefficient (Wildman–Crippen LogP) is 3.39. The van der Waals surface area contributed by atoms with Crippen LogP contribution in [0.25, 0.3) is 5.69 Å². The fourth-order valence-electron chi connectivity index (χ4n) is 3.67. The second-order valence-electron chi connectivity index (χ2n) is 7.39. The number of benzene rings is 1. The molecule has 7 heteroatoms. The Kier molecular flexibility index (Phi) is 5.95. The van der Waals surface area contributed by atoms with Gasteiger partial charge in [-0.05, 0) is 50.2 Å². The molecule has 0 unspecified atom stereocenters. The van der Waals surface area contributed by atoms with Gasteiger partial charge < -0.3 is 5.32 Å². The van der Waals surface area contributed by atoms with Crippen molar-refractivity contribution in [2.75, 3.05) is 18.4 Å². The van der Waals surface area contributed by atoms with Crippen molar-refractivity contribution in [3.05, 3.63) is 66.1 Å². The Morgan fingerprint density at radius 3 is 2.66 bits per heavy atom. The molecule has 1 aromatic carbocycles. The van der Waals surface area contributed by atoms with Crippen LogP contribution in [0.2, 0.25) is 0 Å². The van der Waals surface area contributed by atoms with E-state index in [0.717, 1.165) is 49.6 Å². The van der Waals surface area contributed by atoms with E-state index in [2.05, 4.69) is 31.6 Å². The number of nitrogens with zero attached hydrogens (tertiary/aromatic N) is 5. The van der Waals surface area contributed by atoms with Crippen molar-refractivity contribution >= 4 is 11.7 Å². The number of amides is 1. The number of anilines is 1. The number of hydrogen-bond acceptors (Lipinski definition) is 5. The smallest absolute Gasteiger partial charge is 0.225 e. The number of nitrogens with one attached hydrogen (secondary N) is 1. The molecule has 1 amide bonds. The second kappa shape index (κ2) is 8.96. The number of carbonyl (C=O) groups is 1. The molecule has 1 aliphatic rings. The summed E-state index contributed by atoms with van der Waals surface area (Å²) in [4.78, 5) is 18.7. The molecule has 0 atom stereocenters. The van der Waals surface area contributed by atoms with Crippen LogP contribution in [0.5, 0.6) is 0 Å². The highest BCUT2D eigenvalue weighted by molar-refractivity contribution is 5.89. The highest BCUT2D eigenvalue weighted by Gasteiger charge is 2.22. The quantitative estimate of drug-likeness (QED) is 0.698. The van der Waals surface area contributed by atoms with Gasteiger partial charge in [0.05, 0.1) is 17.6 Å². The maximum absolute atomic E-state index is 11.6. The molecule has 1 saturated heterocycles. The first kappa shape index (κ1) is 19.3. The molecule has 0 radical (unpaired) electrons. The zero-order valence-electron chi connectivity index (χ0n) is 16.7. The van der Waals surface area contributed by atoms with Crippen LogP contribution >= 0.6 is 0 Å². The van der Waals surface area contributed by atoms with E-state index < -0.39 is 0 Å². The summed E-state index contributed by atoms with van der Waals surface area (Å²) in [6.07, 6.45) is 4.55. The molecule has 150 valence electrons. The molecule has 0 bridgehead atoms. The van der Waals surface area contributed by atoms with Gasteiger partial charge in [-0.3, -0.25) is 9.69 Å². The van der Waals surface area contributed by atoms with Crippen LogP contribution in [-0.4, -0.2) is 43.9 Å². The van der Waals surface area contributed by atoms with Gasteiger partial charge in [0, 0.05) is 24.6 Å². The van der Waals surface area contributed by atoms with Gasteiger partial charge >= 0.3 is 0 Å². The van der Waals surface area contributed by atoms with Crippen LogP contribution in [0, 0.1) is 0 Å². The zero-order chi connectivity index (χ0) is 20.1. The Hall–Kier alpha value is -3.06. The first-order valence-electron chi connectivity index (χ1n) is 10.2. The lowest BCUT2D eigenvalue weighted by Crippen LogP contribution is -2.32. The minimum Gasteiger partial charge on any atom is -0.311 e. The third-order valence-electron chi connectivity index (χ3n) is 5.31. The zero-order valence-corrected chi connectivity index (χ0v) is 16.7. The van der Waals surface area contributed by atoms with Crippen LogP contribution in [0.4, 0.5) is 5.82 Å². The molecule has 3 aromatic rings. The molecule has 0 aliphatic carbocycles. The Morgan fingerprint density at radius 1 is 1.10 bits per heavy atom. The van der Waals surface area contributed by atoms with Gasteiger partial charge in [-0.15, -0.1) is 5.10 Å². The van der Waals surface area contributed by atoms with Crippen molar-refractivity contribution in [1.82, 2.24) is 24.9 Å². The summed E-state index contributed by atoms with van der Waals surface area (Å²) in [5, 5.41) is 11.4. The van der Waals surface area contributed by atoms with Crippen molar-refractivity contribution in [3.8, 4) is 5.69 Å². The van der Waals surface area contributed by atoms with Crippen molar-refractivity contribution in [3.63, 3.8) is 0 Å². The van der Waals surface area contributed by atoms with Gasteiger partial charge in [0.1, 0.15) is 5.82 Å². The fraction of sp³-hybridized carbons (Fsp3) is 0.364. The number of carbonyl (C=O) groups excluding carboxylic acids is 1. The molecule has 0 spiro atoms. The lowest BCUT2D eigenvalue weighted by molar-refractivity contribution is -0.115. The molecular formula is C22H26N6O. The summed E-state index contributed by atoms with van der Waals surface area (Å²) < 4.78 is 1.82. The summed E-state index contributed by atoms with van der Waals surface area (Å²) in [7, 11) is 0. The van der Waals surface area contributed by atoms with Crippen LogP contribution in [0.3, 0.4) is 0 Å². The van der Waals surface area contributed by atoms with Gasteiger partial charge in [0.2, 0.25) is 5.91 Å². The predicted molar refractivity (Wildman–Crippen MR) is 112 cm³/mol. The minimum atomic E-state index is -0.00646. The average molecular weight is 390 g/mol. The molecular weight excluding hydrogens is 364 g/mol. The third kappa shape index (κ3) is 4.86. The number of para-hydroxylation sites is 1. The molecule has 29 heavy (non-hydrogen) atoms. The van der Waals surface area contributed by atoms with Gasteiger partial charge in [-0.1, -0.05) is 36.4 Å². The highest BCUT2D eigenvalue weighted by atomic mass is 16.1. The van der Waals surface area contributed by atoms with E-state index in [9.17, 15) is 4.79 Å². The first-order valence-corrected chi connectivity index (χ1v) is 10.2. The van der Waals surface area contributed by atoms with E-state index in [0.29, 0.717) is 18.2 Å². The molecule has 1 fully saturated rings. The standard InChI is InChI=1S/C22H26N6O/c1-2-22(29)24-21-10-6-9-20(23-21)17-11-13-27(14-12-17)15-18-16-28(26-25-18)19-7-4-3-5-8-19/h3-10,16-17H,2,11-15H2,1H3,(H,23,24,29). The van der Waals surface area contributed by atoms with Crippen LogP contribution < -0.4 is 5.32 Å². The Morgan fingerprint density at radius 2 is 1.90 bits per heavy atom. The van der Waals surface area contributed by atoms with Crippen molar-refractivity contribution < 1.29 is 4.79 Å². The normalized spacial score (nSPS) is 15.3. The number of pyridine rings is 1. The molecule has 2 aromatic heterocycles. The van der Waals surface area contributed by atoms with Crippen LogP contribution in [-0.2, 0) is 11.3 Å². The third-order valence-corrected chi connectivity index (χ3v) is 5.31. The lowest BCUT2D eigenvalue weighted by Gasteiger charge is -2.31. The number of piperidine rings is 1. The Bertz CT molecular complexity index is 947. The van der Waals surface area contributed by atoms with Gasteiger partial charge in [0.15, 0.2) is 0 Å². The van der Waals surface area contributed by atoms with Crippen LogP contribution in [0.1, 0.15) is 43.5 Å². The van der Waals surface area contributed by atoms with Gasteiger partial charge in [0.25, 0.3) is 0 Å². The summed E-state index contributed by atoms with van der Waals surface area (Å²) in [6, 6.07) is 15.9. The molecule has 4 rings (SSSR count). The Balaban J connectivity index is 1.33. The molecule has 7 nitrogen and oxygen atoms in total. The number of likely N-dealkylation sites (tertiary alicyclic amines) is 1. The lowest BCUT2D eigenvalue weighted by atomic mass is 9.93. The van der Waals surface area contributed by atoms with Crippen LogP contribution in [0.15, 0.2) is 54.7 Å². The summed E-state index contributed by atoms with van der Waals surface area (Å²) in [5.74, 6) is 1.06. The van der Waals surface area contributed by atoms with Crippen molar-refractivity contribution in [2.24, 2.45) is 0 Å². The van der Waals surface area contributed by atoms with E-state index in [-0.39, 0.29) is 5.91 Å². The topological polar surface area (TPSA) is 75.9 Å². The maximum Gasteiger partial charge on any atom is 0.225 e. The largest absolute Gasteiger partial charge is 0.311 e. The molecule has 3 heterocycles. The Labute approximate surface area is 170 Å². The maximum atomic E-state index is 11.6. The first-order chi connectivity index (χ1) is 14.2. The van der Waals surface area contributed by atoms with Gasteiger partial charge in [-0.25, -0.2) is 9.67 Å². The van der Waals surface area contributed by atoms with E-state index in [1.54, 1.807) is 0 Å². The average Bonchev–Trinajstić information content (AvgIpc) is 3.23. The van der Waals surface area contributed by atoms with E-state index in [4.69, 9.17) is 0 Å². The second-order valence-corrected chi connectivity index (χ2v) is 7.39. The SMILES string of the molecule is CCC(=O)Nc1cccc(C2CCN(Cc3cn(-c4ccccc4)nn3)CC2)n1. The highest BCUT2D eigenvalue weighted by Crippen LogP contribution is 2.28. The number of rotatable bonds is 6. The van der Waals surface area contributed by atoms with E-state index >= 15 is 0 Å². The number of aromatic nitrogens is 4. The minimum absolute atomic E-state index is 0.00646. The summed E-state index contributed by atoms with van der Waals surface area (Å²) >= 11 is 0. The number of hydrogen-bond donors (Lipinski definition) is 1. The summed E-state index contributed by atoms with van der Waals surface area (Å²) in [6.45, 7) is 4.64. The fourth-order valence-corrected chi connectivity index (χ4v) is 3.67. The van der Waals surface area contributed by atoms with Gasteiger partial charge in [-0.2, -0.15) is 0 Å². The molecule has 0 saturated carbocycles. The van der Waals surface area contributed by atoms with Crippen molar-refractivity contribution in [2.45, 2.75) is 38.6 Å². The van der Waals surface area contributed by atoms with Crippen molar-refractivity contribution in [1.29, 1.82) is 0 Å². The molecule has 1 aliphatic heterocycles. The van der Waals surface area contributed by atoms with E-state index in [1.807, 2.05) is 60.3 Å². The molecule has 1 N–H and O–H groups in total. The monoisotopic (exact) mass is 390 g/mol. The van der Waals surface area contributed by atoms with E-state index in [1.165, 1.54) is 0 Å².